The van der Waals surface area contributed by atoms with Crippen LogP contribution in [0, 0.1) is 0 Å². The minimum absolute atomic E-state index is 0.706. The second kappa shape index (κ2) is 22.1. The van der Waals surface area contributed by atoms with E-state index in [9.17, 15) is 0 Å². The van der Waals surface area contributed by atoms with Crippen LogP contribution in [0.3, 0.4) is 0 Å². The molecule has 0 radical (unpaired) electrons. The standard InChI is InChI=1S/C74H54N8/c1-7-21-49(22-8-1)45-63-67(55-29-15-5-16-30-55)75-77-69(63)59-33-19-34-60(47-59)70-64(46-50-23-9-2-10-24-50)68(76-78-70)57-41-37-51(38-42-57)52-39-43-58(44-40-52)72-66(54-27-13-4-14-28-54)74(82-80-72)62-36-20-35-61(48-62)73-65(53-25-11-3-12-26-53)71(79-81-73)56-31-17-6-18-32-56/h1-44,47-48H,45-46H2,(H,75,77)(H,76,78)(H,79,81)(H,80,82). The first-order valence-corrected chi connectivity index (χ1v) is 27.7. The van der Waals surface area contributed by atoms with Crippen LogP contribution in [-0.4, -0.2) is 40.8 Å². The van der Waals surface area contributed by atoms with E-state index < -0.39 is 0 Å². The van der Waals surface area contributed by atoms with Gasteiger partial charge in [-0.3, -0.25) is 20.4 Å². The molecule has 0 amide bonds. The van der Waals surface area contributed by atoms with E-state index >= 15 is 0 Å². The first-order chi connectivity index (χ1) is 40.7. The van der Waals surface area contributed by atoms with Crippen LogP contribution in [-0.2, 0) is 12.8 Å². The molecule has 0 saturated heterocycles. The van der Waals surface area contributed by atoms with Gasteiger partial charge in [0.1, 0.15) is 11.4 Å². The number of aromatic amines is 4. The highest BCUT2D eigenvalue weighted by atomic mass is 15.1. The molecule has 10 aromatic carbocycles. The van der Waals surface area contributed by atoms with Gasteiger partial charge in [-0.15, -0.1) is 0 Å². The molecule has 4 heterocycles. The summed E-state index contributed by atoms with van der Waals surface area (Å²) >= 11 is 0. The Balaban J connectivity index is 0.773. The fraction of sp³-hybridized carbons (Fsp3) is 0.0270. The molecule has 4 N–H and O–H groups in total. The first-order valence-electron chi connectivity index (χ1n) is 27.7. The molecule has 390 valence electrons. The highest BCUT2D eigenvalue weighted by Gasteiger charge is 2.24. The van der Waals surface area contributed by atoms with Crippen molar-refractivity contribution in [2.45, 2.75) is 12.8 Å². The molecule has 0 aliphatic rings. The zero-order valence-electron chi connectivity index (χ0n) is 44.8. The van der Waals surface area contributed by atoms with Crippen molar-refractivity contribution in [3.05, 3.63) is 301 Å². The van der Waals surface area contributed by atoms with Gasteiger partial charge in [-0.2, -0.15) is 20.4 Å². The zero-order chi connectivity index (χ0) is 54.6. The number of nitrogens with zero attached hydrogens (tertiary/aromatic N) is 4. The molecule has 0 spiro atoms. The molecule has 0 bridgehead atoms. The normalized spacial score (nSPS) is 11.3. The first kappa shape index (κ1) is 49.3. The van der Waals surface area contributed by atoms with Crippen LogP contribution < -0.4 is 0 Å². The van der Waals surface area contributed by atoms with E-state index in [4.69, 9.17) is 20.4 Å². The average molecular weight is 1060 g/mol. The number of hydrogen-bond acceptors (Lipinski definition) is 4. The Morgan fingerprint density at radius 3 is 0.841 bits per heavy atom. The van der Waals surface area contributed by atoms with E-state index in [1.165, 1.54) is 11.1 Å². The number of nitrogens with one attached hydrogen (secondary N) is 4. The Hall–Kier alpha value is -11.0. The SMILES string of the molecule is c1ccc(Cc2c(-c3ccccc3)n[nH]c2-c2cccc(-c3[nH]nc(-c4ccc(-c5ccc(-c6n[nH]c(-c7cccc(-c8[nH]nc(-c9ccccc9)c8-c8ccccc8)c7)c6-c6ccccc6)cc5)cc4)c3Cc3ccccc3)c2)cc1. The topological polar surface area (TPSA) is 115 Å². The summed E-state index contributed by atoms with van der Waals surface area (Å²) in [6.07, 6.45) is 1.45. The molecule has 0 aliphatic carbocycles. The van der Waals surface area contributed by atoms with Gasteiger partial charge in [-0.1, -0.05) is 267 Å². The van der Waals surface area contributed by atoms with Crippen LogP contribution >= 0.6 is 0 Å². The predicted octanol–water partition coefficient (Wildman–Crippen LogP) is 18.1. The maximum absolute atomic E-state index is 5.07. The molecule has 82 heavy (non-hydrogen) atoms. The van der Waals surface area contributed by atoms with Crippen molar-refractivity contribution in [1.29, 1.82) is 0 Å². The molecule has 14 rings (SSSR count). The highest BCUT2D eigenvalue weighted by molar-refractivity contribution is 5.95. The minimum atomic E-state index is 0.706. The Morgan fingerprint density at radius 1 is 0.207 bits per heavy atom. The summed E-state index contributed by atoms with van der Waals surface area (Å²) in [6.45, 7) is 0. The van der Waals surface area contributed by atoms with Gasteiger partial charge in [0.2, 0.25) is 0 Å². The zero-order valence-corrected chi connectivity index (χ0v) is 44.8. The number of benzene rings is 10. The molecule has 0 saturated carbocycles. The minimum Gasteiger partial charge on any atom is -0.277 e. The lowest BCUT2D eigenvalue weighted by molar-refractivity contribution is 1.10. The predicted molar refractivity (Wildman–Crippen MR) is 333 cm³/mol. The maximum Gasteiger partial charge on any atom is 0.101 e. The largest absolute Gasteiger partial charge is 0.277 e. The summed E-state index contributed by atoms with van der Waals surface area (Å²) in [5.41, 5.74) is 27.1. The fourth-order valence-corrected chi connectivity index (χ4v) is 11.4. The van der Waals surface area contributed by atoms with E-state index in [1.807, 2.05) is 18.2 Å². The molecule has 14 aromatic rings. The van der Waals surface area contributed by atoms with Crippen LogP contribution in [0.5, 0.6) is 0 Å². The van der Waals surface area contributed by atoms with Crippen LogP contribution in [0.15, 0.2) is 279 Å². The van der Waals surface area contributed by atoms with Crippen molar-refractivity contribution in [3.63, 3.8) is 0 Å². The van der Waals surface area contributed by atoms with Crippen LogP contribution in [0.4, 0.5) is 0 Å². The maximum atomic E-state index is 5.07. The van der Waals surface area contributed by atoms with E-state index in [0.29, 0.717) is 6.42 Å². The Morgan fingerprint density at radius 2 is 0.463 bits per heavy atom. The van der Waals surface area contributed by atoms with E-state index in [1.54, 1.807) is 0 Å². The molecule has 0 atom stereocenters. The summed E-state index contributed by atoms with van der Waals surface area (Å²) in [7, 11) is 0. The summed E-state index contributed by atoms with van der Waals surface area (Å²) in [5.74, 6) is 0. The van der Waals surface area contributed by atoms with E-state index in [-0.39, 0.29) is 0 Å². The Labute approximate surface area is 475 Å². The third-order valence-electron chi connectivity index (χ3n) is 15.5. The van der Waals surface area contributed by atoms with Crippen molar-refractivity contribution in [2.75, 3.05) is 0 Å². The van der Waals surface area contributed by atoms with Crippen LogP contribution in [0.25, 0.3) is 123 Å². The molecule has 0 aliphatic heterocycles. The van der Waals surface area contributed by atoms with Crippen molar-refractivity contribution in [3.8, 4) is 123 Å². The van der Waals surface area contributed by atoms with Gasteiger partial charge in [0.25, 0.3) is 0 Å². The summed E-state index contributed by atoms with van der Waals surface area (Å²) in [6, 6.07) is 97.9. The molecule has 8 heteroatoms. The molecule has 0 unspecified atom stereocenters. The number of hydrogen-bond donors (Lipinski definition) is 4. The molecular weight excluding hydrogens is 1000 g/mol. The van der Waals surface area contributed by atoms with Crippen molar-refractivity contribution in [2.24, 2.45) is 0 Å². The Kier molecular flexibility index (Phi) is 13.3. The average Bonchev–Trinajstić information content (AvgIpc) is 4.58. The molecule has 8 nitrogen and oxygen atoms in total. The number of H-pyrrole nitrogens is 4. The van der Waals surface area contributed by atoms with Crippen molar-refractivity contribution in [1.82, 2.24) is 40.8 Å². The van der Waals surface area contributed by atoms with Gasteiger partial charge in [0, 0.05) is 79.6 Å². The van der Waals surface area contributed by atoms with Crippen molar-refractivity contribution < 1.29 is 0 Å². The number of aromatic nitrogens is 8. The molecule has 4 aromatic heterocycles. The van der Waals surface area contributed by atoms with Gasteiger partial charge < -0.3 is 0 Å². The quantitative estimate of drug-likeness (QED) is 0.0819. The molecule has 0 fully saturated rings. The van der Waals surface area contributed by atoms with Gasteiger partial charge in [-0.05, 0) is 45.5 Å². The monoisotopic (exact) mass is 1050 g/mol. The van der Waals surface area contributed by atoms with Gasteiger partial charge in [-0.25, -0.2) is 0 Å². The third kappa shape index (κ3) is 9.75. The third-order valence-corrected chi connectivity index (χ3v) is 15.5. The van der Waals surface area contributed by atoms with E-state index in [2.05, 4.69) is 281 Å². The van der Waals surface area contributed by atoms with Gasteiger partial charge in [0.05, 0.1) is 34.2 Å². The summed E-state index contributed by atoms with van der Waals surface area (Å²) in [4.78, 5) is 0. The lowest BCUT2D eigenvalue weighted by Gasteiger charge is -2.11. The highest BCUT2D eigenvalue weighted by Crippen LogP contribution is 2.43. The van der Waals surface area contributed by atoms with Crippen molar-refractivity contribution >= 4 is 0 Å². The smallest absolute Gasteiger partial charge is 0.101 e. The second-order valence-corrected chi connectivity index (χ2v) is 20.6. The summed E-state index contributed by atoms with van der Waals surface area (Å²) < 4.78 is 0. The van der Waals surface area contributed by atoms with Gasteiger partial charge in [0.15, 0.2) is 0 Å². The summed E-state index contributed by atoms with van der Waals surface area (Å²) in [5, 5.41) is 33.8. The lowest BCUT2D eigenvalue weighted by Crippen LogP contribution is -1.94. The fourth-order valence-electron chi connectivity index (χ4n) is 11.4. The number of rotatable bonds is 15. The van der Waals surface area contributed by atoms with Gasteiger partial charge >= 0.3 is 0 Å². The molecular formula is C74H54N8. The second-order valence-electron chi connectivity index (χ2n) is 20.6. The lowest BCUT2D eigenvalue weighted by atomic mass is 9.92. The Bertz CT molecular complexity index is 4450. The van der Waals surface area contributed by atoms with Crippen LogP contribution in [0.2, 0.25) is 0 Å². The van der Waals surface area contributed by atoms with Crippen LogP contribution in [0.1, 0.15) is 22.3 Å². The van der Waals surface area contributed by atoms with E-state index in [0.717, 1.165) is 141 Å².